The average molecular weight is 296 g/mol. The molecule has 1 heterocycles. The molecule has 1 aliphatic rings. The number of benzene rings is 1. The minimum absolute atomic E-state index is 0.495. The zero-order chi connectivity index (χ0) is 14.6. The van der Waals surface area contributed by atoms with Crippen LogP contribution in [0.3, 0.4) is 0 Å². The van der Waals surface area contributed by atoms with Gasteiger partial charge in [-0.05, 0) is 50.0 Å². The maximum Gasteiger partial charge on any atom is 0.309 e. The largest absolute Gasteiger partial charge is 0.481 e. The van der Waals surface area contributed by atoms with Gasteiger partial charge in [0.2, 0.25) is 0 Å². The number of carboxylic acids is 1. The van der Waals surface area contributed by atoms with E-state index >= 15 is 0 Å². The third kappa shape index (κ3) is 3.53. The molecule has 0 spiro atoms. The molecule has 110 valence electrons. The molecule has 0 atom stereocenters. The lowest BCUT2D eigenvalue weighted by Gasteiger charge is -2.38. The highest BCUT2D eigenvalue weighted by Gasteiger charge is 2.40. The maximum absolute atomic E-state index is 11.5. The van der Waals surface area contributed by atoms with Crippen LogP contribution in [0.25, 0.3) is 0 Å². The molecule has 0 aliphatic carbocycles. The lowest BCUT2D eigenvalue weighted by molar-refractivity contribution is -0.152. The van der Waals surface area contributed by atoms with E-state index in [1.165, 1.54) is 5.56 Å². The third-order valence-electron chi connectivity index (χ3n) is 4.31. The molecule has 3 nitrogen and oxygen atoms in total. The number of carbonyl (C=O) groups is 1. The summed E-state index contributed by atoms with van der Waals surface area (Å²) in [4.78, 5) is 13.9. The molecule has 0 unspecified atom stereocenters. The number of hydrogen-bond acceptors (Lipinski definition) is 2. The topological polar surface area (TPSA) is 40.5 Å². The first-order chi connectivity index (χ1) is 9.55. The Morgan fingerprint density at radius 3 is 2.40 bits per heavy atom. The lowest BCUT2D eigenvalue weighted by Crippen LogP contribution is -2.44. The van der Waals surface area contributed by atoms with Crippen molar-refractivity contribution in [3.8, 4) is 0 Å². The van der Waals surface area contributed by atoms with Crippen molar-refractivity contribution in [2.45, 2.75) is 39.2 Å². The highest BCUT2D eigenvalue weighted by atomic mass is 35.5. The third-order valence-corrected chi connectivity index (χ3v) is 4.57. The summed E-state index contributed by atoms with van der Waals surface area (Å²) in [6.45, 7) is 4.65. The molecule has 1 aromatic rings. The SMILES string of the molecule is CCCC1(C(=O)O)CCN(Cc2ccc(Cl)cc2)CC1. The monoisotopic (exact) mass is 295 g/mol. The number of carboxylic acid groups (broad SMARTS) is 1. The van der Waals surface area contributed by atoms with Crippen molar-refractivity contribution >= 4 is 17.6 Å². The Morgan fingerprint density at radius 1 is 1.30 bits per heavy atom. The van der Waals surface area contributed by atoms with E-state index in [9.17, 15) is 9.90 Å². The summed E-state index contributed by atoms with van der Waals surface area (Å²) in [6.07, 6.45) is 3.23. The first-order valence-electron chi connectivity index (χ1n) is 7.26. The van der Waals surface area contributed by atoms with E-state index in [4.69, 9.17) is 11.6 Å². The Labute approximate surface area is 125 Å². The number of piperidine rings is 1. The first kappa shape index (κ1) is 15.3. The van der Waals surface area contributed by atoms with Gasteiger partial charge in [-0.1, -0.05) is 37.1 Å². The van der Waals surface area contributed by atoms with Crippen LogP contribution < -0.4 is 0 Å². The second-order valence-corrected chi connectivity index (χ2v) is 6.17. The predicted octanol–water partition coefficient (Wildman–Crippen LogP) is 3.81. The van der Waals surface area contributed by atoms with Gasteiger partial charge in [0.1, 0.15) is 0 Å². The summed E-state index contributed by atoms with van der Waals surface area (Å²) in [7, 11) is 0. The fourth-order valence-corrected chi connectivity index (χ4v) is 3.16. The van der Waals surface area contributed by atoms with Crippen LogP contribution in [-0.2, 0) is 11.3 Å². The van der Waals surface area contributed by atoms with Crippen LogP contribution >= 0.6 is 11.6 Å². The highest BCUT2D eigenvalue weighted by molar-refractivity contribution is 6.30. The van der Waals surface area contributed by atoms with Gasteiger partial charge in [0.05, 0.1) is 5.41 Å². The normalized spacial score (nSPS) is 18.9. The van der Waals surface area contributed by atoms with Gasteiger partial charge in [0.15, 0.2) is 0 Å². The zero-order valence-electron chi connectivity index (χ0n) is 11.9. The van der Waals surface area contributed by atoms with Crippen LogP contribution in [0.5, 0.6) is 0 Å². The molecule has 1 aliphatic heterocycles. The highest BCUT2D eigenvalue weighted by Crippen LogP contribution is 2.36. The fraction of sp³-hybridized carbons (Fsp3) is 0.562. The van der Waals surface area contributed by atoms with Gasteiger partial charge in [-0.15, -0.1) is 0 Å². The molecule has 0 radical (unpaired) electrons. The minimum atomic E-state index is -0.620. The van der Waals surface area contributed by atoms with Crippen LogP contribution in [0.2, 0.25) is 5.02 Å². The van der Waals surface area contributed by atoms with E-state index < -0.39 is 11.4 Å². The first-order valence-corrected chi connectivity index (χ1v) is 7.64. The van der Waals surface area contributed by atoms with Crippen molar-refractivity contribution in [2.24, 2.45) is 5.41 Å². The summed E-state index contributed by atoms with van der Waals surface area (Å²) in [5.74, 6) is -0.620. The number of rotatable bonds is 5. The fourth-order valence-electron chi connectivity index (χ4n) is 3.04. The Bertz CT molecular complexity index is 450. The van der Waals surface area contributed by atoms with E-state index in [-0.39, 0.29) is 0 Å². The van der Waals surface area contributed by atoms with Crippen molar-refractivity contribution < 1.29 is 9.90 Å². The van der Waals surface area contributed by atoms with Crippen LogP contribution in [0.1, 0.15) is 38.2 Å². The molecule has 1 aromatic carbocycles. The molecular weight excluding hydrogens is 274 g/mol. The van der Waals surface area contributed by atoms with Crippen molar-refractivity contribution in [2.75, 3.05) is 13.1 Å². The van der Waals surface area contributed by atoms with E-state index in [0.29, 0.717) is 0 Å². The molecular formula is C16H22ClNO2. The summed E-state index contributed by atoms with van der Waals surface area (Å²) < 4.78 is 0. The van der Waals surface area contributed by atoms with Gasteiger partial charge in [-0.25, -0.2) is 0 Å². The van der Waals surface area contributed by atoms with E-state index in [2.05, 4.69) is 11.8 Å². The smallest absolute Gasteiger partial charge is 0.309 e. The van der Waals surface area contributed by atoms with Crippen LogP contribution in [0, 0.1) is 5.41 Å². The number of halogens is 1. The van der Waals surface area contributed by atoms with Gasteiger partial charge in [-0.3, -0.25) is 9.69 Å². The number of nitrogens with zero attached hydrogens (tertiary/aromatic N) is 1. The van der Waals surface area contributed by atoms with E-state index in [0.717, 1.165) is 50.3 Å². The van der Waals surface area contributed by atoms with Crippen molar-refractivity contribution in [1.29, 1.82) is 0 Å². The summed E-state index contributed by atoms with van der Waals surface area (Å²) in [6, 6.07) is 7.87. The van der Waals surface area contributed by atoms with E-state index in [1.807, 2.05) is 24.3 Å². The molecule has 2 rings (SSSR count). The lowest BCUT2D eigenvalue weighted by atomic mass is 9.75. The average Bonchev–Trinajstić information content (AvgIpc) is 2.44. The van der Waals surface area contributed by atoms with Gasteiger partial charge >= 0.3 is 5.97 Å². The van der Waals surface area contributed by atoms with Gasteiger partial charge in [0.25, 0.3) is 0 Å². The molecule has 1 fully saturated rings. The van der Waals surface area contributed by atoms with E-state index in [1.54, 1.807) is 0 Å². The summed E-state index contributed by atoms with van der Waals surface area (Å²) >= 11 is 5.88. The molecule has 0 saturated carbocycles. The Kier molecular flexibility index (Phi) is 5.06. The second-order valence-electron chi connectivity index (χ2n) is 5.74. The number of hydrogen-bond donors (Lipinski definition) is 1. The second kappa shape index (κ2) is 6.59. The predicted molar refractivity (Wildman–Crippen MR) is 80.9 cm³/mol. The molecule has 0 aromatic heterocycles. The van der Waals surface area contributed by atoms with Crippen molar-refractivity contribution in [3.05, 3.63) is 34.9 Å². The summed E-state index contributed by atoms with van der Waals surface area (Å²) in [5.41, 5.74) is 0.735. The van der Waals surface area contributed by atoms with Crippen molar-refractivity contribution in [1.82, 2.24) is 4.90 Å². The van der Waals surface area contributed by atoms with Crippen molar-refractivity contribution in [3.63, 3.8) is 0 Å². The number of likely N-dealkylation sites (tertiary alicyclic amines) is 1. The molecule has 1 N–H and O–H groups in total. The van der Waals surface area contributed by atoms with Crippen LogP contribution in [0.4, 0.5) is 0 Å². The quantitative estimate of drug-likeness (QED) is 0.898. The standard InChI is InChI=1S/C16H22ClNO2/c1-2-7-16(15(19)20)8-10-18(11-9-16)12-13-3-5-14(17)6-4-13/h3-6H,2,7-12H2,1H3,(H,19,20). The Balaban J connectivity index is 1.93. The maximum atomic E-state index is 11.5. The van der Waals surface area contributed by atoms with Gasteiger partial charge in [0, 0.05) is 11.6 Å². The van der Waals surface area contributed by atoms with Gasteiger partial charge in [-0.2, -0.15) is 0 Å². The van der Waals surface area contributed by atoms with Crippen LogP contribution in [0.15, 0.2) is 24.3 Å². The van der Waals surface area contributed by atoms with Gasteiger partial charge < -0.3 is 5.11 Å². The Hall–Kier alpha value is -1.06. The molecule has 20 heavy (non-hydrogen) atoms. The molecule has 0 bridgehead atoms. The molecule has 0 amide bonds. The summed E-state index contributed by atoms with van der Waals surface area (Å²) in [5, 5.41) is 10.2. The Morgan fingerprint density at radius 2 is 1.90 bits per heavy atom. The molecule has 1 saturated heterocycles. The minimum Gasteiger partial charge on any atom is -0.481 e. The zero-order valence-corrected chi connectivity index (χ0v) is 12.7. The molecule has 4 heteroatoms. The number of aliphatic carboxylic acids is 1. The van der Waals surface area contributed by atoms with Crippen LogP contribution in [-0.4, -0.2) is 29.1 Å².